The molecule has 0 bridgehead atoms. The van der Waals surface area contributed by atoms with Crippen molar-refractivity contribution in [2.24, 2.45) is 0 Å². The molecule has 2 N–H and O–H groups in total. The summed E-state index contributed by atoms with van der Waals surface area (Å²) in [5, 5.41) is 10.8. The summed E-state index contributed by atoms with van der Waals surface area (Å²) >= 11 is 0. The summed E-state index contributed by atoms with van der Waals surface area (Å²) in [5.41, 5.74) is -2.96. The van der Waals surface area contributed by atoms with Crippen molar-refractivity contribution < 1.29 is 27.4 Å². The van der Waals surface area contributed by atoms with E-state index in [1.807, 2.05) is 0 Å². The van der Waals surface area contributed by atoms with Gasteiger partial charge in [-0.05, 0) is 43.0 Å². The topological polar surface area (TPSA) is 71.0 Å². The van der Waals surface area contributed by atoms with Gasteiger partial charge in [0.25, 0.3) is 0 Å². The van der Waals surface area contributed by atoms with Crippen molar-refractivity contribution in [3.05, 3.63) is 53.9 Å². The van der Waals surface area contributed by atoms with Crippen LogP contribution in [-0.2, 0) is 11.8 Å². The number of aromatic amines is 1. The Morgan fingerprint density at radius 1 is 1.17 bits per heavy atom. The molecule has 162 valence electrons. The average molecular weight is 425 g/mol. The number of ether oxygens (including phenoxy) is 1. The molecular weight excluding hydrogens is 402 g/mol. The van der Waals surface area contributed by atoms with Crippen LogP contribution < -0.4 is 4.74 Å². The van der Waals surface area contributed by atoms with Crippen molar-refractivity contribution >= 4 is 11.0 Å². The molecule has 1 unspecified atom stereocenters. The number of fused-ring (bicyclic) bond motifs is 1. The Bertz CT molecular complexity index is 1000. The summed E-state index contributed by atoms with van der Waals surface area (Å²) in [6, 6.07) is 5.18. The van der Waals surface area contributed by atoms with Gasteiger partial charge in [-0.1, -0.05) is 13.8 Å². The predicted molar refractivity (Wildman–Crippen MR) is 104 cm³/mol. The van der Waals surface area contributed by atoms with Gasteiger partial charge in [-0.25, -0.2) is 14.4 Å². The van der Waals surface area contributed by atoms with Crippen LogP contribution in [0.4, 0.5) is 17.6 Å². The molecule has 0 aliphatic heterocycles. The van der Waals surface area contributed by atoms with E-state index in [4.69, 9.17) is 4.74 Å². The Labute approximate surface area is 171 Å². The van der Waals surface area contributed by atoms with Crippen molar-refractivity contribution in [3.8, 4) is 5.75 Å². The van der Waals surface area contributed by atoms with Crippen LogP contribution in [0.25, 0.3) is 11.0 Å². The number of halogens is 4. The van der Waals surface area contributed by atoms with E-state index in [1.165, 1.54) is 44.6 Å². The van der Waals surface area contributed by atoms with Gasteiger partial charge in [0.15, 0.2) is 5.60 Å². The lowest BCUT2D eigenvalue weighted by Gasteiger charge is -2.38. The third-order valence-electron chi connectivity index (χ3n) is 5.06. The Hall–Kier alpha value is -2.68. The number of H-pyrrole nitrogens is 1. The zero-order valence-electron chi connectivity index (χ0n) is 16.8. The molecule has 0 fully saturated rings. The summed E-state index contributed by atoms with van der Waals surface area (Å²) in [6.07, 6.45) is -3.60. The van der Waals surface area contributed by atoms with Gasteiger partial charge in [0.05, 0.1) is 23.8 Å². The van der Waals surface area contributed by atoms with E-state index < -0.39 is 35.9 Å². The van der Waals surface area contributed by atoms with E-state index in [-0.39, 0.29) is 23.6 Å². The molecule has 0 amide bonds. The van der Waals surface area contributed by atoms with Crippen molar-refractivity contribution in [1.29, 1.82) is 0 Å². The minimum atomic E-state index is -4.92. The Morgan fingerprint density at radius 3 is 2.53 bits per heavy atom. The summed E-state index contributed by atoms with van der Waals surface area (Å²) in [5.74, 6) is -0.305. The van der Waals surface area contributed by atoms with Crippen LogP contribution in [0.5, 0.6) is 5.75 Å². The third kappa shape index (κ3) is 4.40. The molecule has 2 aromatic heterocycles. The fraction of sp³-hybridized carbons (Fsp3) is 0.429. The van der Waals surface area contributed by atoms with Gasteiger partial charge in [0, 0.05) is 17.7 Å². The van der Waals surface area contributed by atoms with Crippen LogP contribution in [0, 0.1) is 5.82 Å². The maximum absolute atomic E-state index is 14.0. The molecule has 0 spiro atoms. The number of nitrogens with zero attached hydrogens (tertiary/aromatic N) is 2. The maximum atomic E-state index is 14.0. The first-order valence-electron chi connectivity index (χ1n) is 9.45. The molecule has 0 aliphatic carbocycles. The van der Waals surface area contributed by atoms with Crippen molar-refractivity contribution in [2.75, 3.05) is 6.61 Å². The zero-order valence-corrected chi connectivity index (χ0v) is 16.8. The fourth-order valence-electron chi connectivity index (χ4n) is 3.74. The zero-order chi connectivity index (χ0) is 22.2. The average Bonchev–Trinajstić information content (AvgIpc) is 3.03. The number of rotatable bonds is 7. The molecule has 3 rings (SSSR count). The number of benzene rings is 1. The van der Waals surface area contributed by atoms with Gasteiger partial charge >= 0.3 is 6.18 Å². The van der Waals surface area contributed by atoms with E-state index in [9.17, 15) is 22.7 Å². The molecule has 30 heavy (non-hydrogen) atoms. The summed E-state index contributed by atoms with van der Waals surface area (Å²) < 4.78 is 61.4. The molecule has 5 nitrogen and oxygen atoms in total. The van der Waals surface area contributed by atoms with Gasteiger partial charge in [0.2, 0.25) is 0 Å². The van der Waals surface area contributed by atoms with Crippen LogP contribution in [-0.4, -0.2) is 38.4 Å². The number of aliphatic hydroxyl groups is 1. The highest BCUT2D eigenvalue weighted by molar-refractivity contribution is 5.74. The molecule has 1 aromatic carbocycles. The maximum Gasteiger partial charge on any atom is 0.417 e. The molecule has 0 saturated heterocycles. The smallest absolute Gasteiger partial charge is 0.417 e. The Kier molecular flexibility index (Phi) is 5.77. The van der Waals surface area contributed by atoms with Gasteiger partial charge in [-0.15, -0.1) is 0 Å². The highest BCUT2D eigenvalue weighted by Crippen LogP contribution is 2.45. The van der Waals surface area contributed by atoms with Crippen LogP contribution in [0.15, 0.2) is 36.8 Å². The molecule has 9 heteroatoms. The highest BCUT2D eigenvalue weighted by Gasteiger charge is 2.56. The summed E-state index contributed by atoms with van der Waals surface area (Å²) in [7, 11) is 0. The van der Waals surface area contributed by atoms with Gasteiger partial charge in [-0.2, -0.15) is 13.2 Å². The first-order valence-corrected chi connectivity index (χ1v) is 9.45. The molecule has 0 aliphatic rings. The van der Waals surface area contributed by atoms with Crippen LogP contribution in [0.1, 0.15) is 38.4 Å². The summed E-state index contributed by atoms with van der Waals surface area (Å²) in [6.45, 7) is 5.05. The second-order valence-electron chi connectivity index (χ2n) is 7.96. The van der Waals surface area contributed by atoms with Gasteiger partial charge in [-0.3, -0.25) is 0 Å². The van der Waals surface area contributed by atoms with Crippen molar-refractivity contribution in [3.63, 3.8) is 0 Å². The minimum absolute atomic E-state index is 0.172. The monoisotopic (exact) mass is 425 g/mol. The third-order valence-corrected chi connectivity index (χ3v) is 5.06. The lowest BCUT2D eigenvalue weighted by atomic mass is 9.73. The highest BCUT2D eigenvalue weighted by atomic mass is 19.4. The van der Waals surface area contributed by atoms with Crippen molar-refractivity contribution in [1.82, 2.24) is 15.0 Å². The normalized spacial score (nSPS) is 14.7. The molecule has 0 radical (unpaired) electrons. The SMILES string of the molecule is CCOc1ccc(F)cc1C(C)(C)CC(O)(Cc1cc2ncncc2[nH]1)C(F)(F)F. The van der Waals surface area contributed by atoms with Gasteiger partial charge < -0.3 is 14.8 Å². The quantitative estimate of drug-likeness (QED) is 0.539. The molecule has 1 atom stereocenters. The van der Waals surface area contributed by atoms with E-state index in [1.54, 1.807) is 6.92 Å². The largest absolute Gasteiger partial charge is 0.494 e. The van der Waals surface area contributed by atoms with Gasteiger partial charge in [0.1, 0.15) is 17.9 Å². The predicted octanol–water partition coefficient (Wildman–Crippen LogP) is 4.70. The van der Waals surface area contributed by atoms with E-state index >= 15 is 0 Å². The minimum Gasteiger partial charge on any atom is -0.494 e. The first-order chi connectivity index (χ1) is 13.9. The standard InChI is InChI=1S/C21H23F4N3O2/c1-4-30-18-6-5-13(22)7-15(18)19(2,3)11-20(29,21(23,24)25)9-14-8-16-17(28-14)10-26-12-27-16/h5-8,10,12,28-29H,4,9,11H2,1-3H3. The number of aromatic nitrogens is 3. The Morgan fingerprint density at radius 2 is 1.90 bits per heavy atom. The van der Waals surface area contributed by atoms with Crippen LogP contribution in [0.2, 0.25) is 0 Å². The van der Waals surface area contributed by atoms with Crippen LogP contribution in [0.3, 0.4) is 0 Å². The van der Waals surface area contributed by atoms with Crippen molar-refractivity contribution in [2.45, 2.75) is 50.8 Å². The second kappa shape index (κ2) is 7.86. The summed E-state index contributed by atoms with van der Waals surface area (Å²) in [4.78, 5) is 10.6. The number of hydrogen-bond donors (Lipinski definition) is 2. The number of nitrogens with one attached hydrogen (secondary N) is 1. The second-order valence-corrected chi connectivity index (χ2v) is 7.96. The number of alkyl halides is 3. The van der Waals surface area contributed by atoms with Crippen LogP contribution >= 0.6 is 0 Å². The van der Waals surface area contributed by atoms with E-state index in [0.717, 1.165) is 6.07 Å². The number of hydrogen-bond acceptors (Lipinski definition) is 4. The molecule has 2 heterocycles. The molecular formula is C21H23F4N3O2. The molecule has 0 saturated carbocycles. The molecule has 3 aromatic rings. The first kappa shape index (κ1) is 22.0. The fourth-order valence-corrected chi connectivity index (χ4v) is 3.74. The van der Waals surface area contributed by atoms with E-state index in [2.05, 4.69) is 15.0 Å². The lowest BCUT2D eigenvalue weighted by Crippen LogP contribution is -2.51. The lowest BCUT2D eigenvalue weighted by molar-refractivity contribution is -0.266. The van der Waals surface area contributed by atoms with E-state index in [0.29, 0.717) is 11.0 Å². The Balaban J connectivity index is 1.98.